The highest BCUT2D eigenvalue weighted by Crippen LogP contribution is 2.25. The van der Waals surface area contributed by atoms with E-state index < -0.39 is 0 Å². The van der Waals surface area contributed by atoms with Gasteiger partial charge in [-0.2, -0.15) is 10.2 Å². The SMILES string of the molecule is Cc1cccnc1-c1cc2n(n1)CCN(Cc1nn(C)c3ccccc13)C2. The number of nitrogens with zero attached hydrogens (tertiary/aromatic N) is 6. The number of rotatable bonds is 3. The van der Waals surface area contributed by atoms with E-state index in [1.807, 2.05) is 24.0 Å². The molecule has 0 fully saturated rings. The molecule has 6 heteroatoms. The summed E-state index contributed by atoms with van der Waals surface area (Å²) in [6.45, 7) is 5.68. The molecule has 1 aromatic carbocycles. The molecule has 4 heterocycles. The number of hydrogen-bond acceptors (Lipinski definition) is 4. The van der Waals surface area contributed by atoms with Crippen molar-refractivity contribution in [2.45, 2.75) is 26.6 Å². The van der Waals surface area contributed by atoms with Crippen LogP contribution in [-0.2, 0) is 26.7 Å². The van der Waals surface area contributed by atoms with Gasteiger partial charge in [0.2, 0.25) is 0 Å². The largest absolute Gasteiger partial charge is 0.290 e. The summed E-state index contributed by atoms with van der Waals surface area (Å²) in [5.74, 6) is 0. The first kappa shape index (κ1) is 16.2. The number of pyridine rings is 1. The molecule has 0 saturated carbocycles. The topological polar surface area (TPSA) is 51.8 Å². The van der Waals surface area contributed by atoms with Crippen molar-refractivity contribution in [1.82, 2.24) is 29.4 Å². The van der Waals surface area contributed by atoms with Gasteiger partial charge in [-0.3, -0.25) is 19.2 Å². The number of benzene rings is 1. The monoisotopic (exact) mass is 358 g/mol. The van der Waals surface area contributed by atoms with Crippen molar-refractivity contribution in [2.24, 2.45) is 7.05 Å². The highest BCUT2D eigenvalue weighted by molar-refractivity contribution is 5.81. The van der Waals surface area contributed by atoms with Crippen molar-refractivity contribution in [3.63, 3.8) is 0 Å². The first-order valence-electron chi connectivity index (χ1n) is 9.31. The molecule has 1 aliphatic heterocycles. The lowest BCUT2D eigenvalue weighted by Crippen LogP contribution is -2.33. The normalized spacial score (nSPS) is 14.6. The van der Waals surface area contributed by atoms with Crippen molar-refractivity contribution in [2.75, 3.05) is 6.54 Å². The van der Waals surface area contributed by atoms with Crippen LogP contribution in [0.3, 0.4) is 0 Å². The Morgan fingerprint density at radius 1 is 1.04 bits per heavy atom. The molecular formula is C21H22N6. The molecule has 136 valence electrons. The van der Waals surface area contributed by atoms with Gasteiger partial charge in [0.15, 0.2) is 0 Å². The van der Waals surface area contributed by atoms with Gasteiger partial charge in [-0.05, 0) is 30.7 Å². The quantitative estimate of drug-likeness (QED) is 0.564. The van der Waals surface area contributed by atoms with Crippen molar-refractivity contribution in [3.05, 3.63) is 65.6 Å². The maximum Gasteiger partial charge on any atom is 0.111 e. The van der Waals surface area contributed by atoms with Gasteiger partial charge in [-0.1, -0.05) is 24.3 Å². The van der Waals surface area contributed by atoms with E-state index in [4.69, 9.17) is 10.2 Å². The predicted molar refractivity (Wildman–Crippen MR) is 105 cm³/mol. The van der Waals surface area contributed by atoms with E-state index >= 15 is 0 Å². The Morgan fingerprint density at radius 3 is 2.81 bits per heavy atom. The average molecular weight is 358 g/mol. The molecule has 0 bridgehead atoms. The molecule has 5 rings (SSSR count). The van der Waals surface area contributed by atoms with E-state index in [0.717, 1.165) is 48.8 Å². The lowest BCUT2D eigenvalue weighted by Gasteiger charge is -2.26. The van der Waals surface area contributed by atoms with Gasteiger partial charge < -0.3 is 0 Å². The van der Waals surface area contributed by atoms with Crippen LogP contribution in [-0.4, -0.2) is 36.0 Å². The summed E-state index contributed by atoms with van der Waals surface area (Å²) in [5.41, 5.74) is 6.66. The molecular weight excluding hydrogens is 336 g/mol. The van der Waals surface area contributed by atoms with Crippen LogP contribution in [0.15, 0.2) is 48.7 Å². The van der Waals surface area contributed by atoms with Crippen LogP contribution in [0.1, 0.15) is 17.0 Å². The van der Waals surface area contributed by atoms with Gasteiger partial charge >= 0.3 is 0 Å². The van der Waals surface area contributed by atoms with Crippen LogP contribution < -0.4 is 0 Å². The van der Waals surface area contributed by atoms with Crippen molar-refractivity contribution >= 4 is 10.9 Å². The summed E-state index contributed by atoms with van der Waals surface area (Å²) < 4.78 is 4.09. The van der Waals surface area contributed by atoms with Crippen LogP contribution in [0.25, 0.3) is 22.3 Å². The molecule has 0 unspecified atom stereocenters. The third-order valence-electron chi connectivity index (χ3n) is 5.34. The molecule has 4 aromatic rings. The summed E-state index contributed by atoms with van der Waals surface area (Å²) >= 11 is 0. The molecule has 0 amide bonds. The summed E-state index contributed by atoms with van der Waals surface area (Å²) in [7, 11) is 2.01. The maximum atomic E-state index is 4.79. The Bertz CT molecular complexity index is 1120. The molecule has 0 aliphatic carbocycles. The zero-order valence-corrected chi connectivity index (χ0v) is 15.6. The smallest absolute Gasteiger partial charge is 0.111 e. The minimum Gasteiger partial charge on any atom is -0.290 e. The van der Waals surface area contributed by atoms with E-state index in [-0.39, 0.29) is 0 Å². The summed E-state index contributed by atoms with van der Waals surface area (Å²) in [5, 5.41) is 10.8. The van der Waals surface area contributed by atoms with E-state index in [0.29, 0.717) is 0 Å². The molecule has 0 saturated heterocycles. The summed E-state index contributed by atoms with van der Waals surface area (Å²) in [6.07, 6.45) is 1.83. The highest BCUT2D eigenvalue weighted by Gasteiger charge is 2.21. The number of hydrogen-bond donors (Lipinski definition) is 0. The minimum atomic E-state index is 0.852. The average Bonchev–Trinajstić information content (AvgIpc) is 3.24. The van der Waals surface area contributed by atoms with Gasteiger partial charge in [-0.15, -0.1) is 0 Å². The van der Waals surface area contributed by atoms with E-state index in [1.54, 1.807) is 0 Å². The molecule has 0 N–H and O–H groups in total. The Hall–Kier alpha value is -2.99. The van der Waals surface area contributed by atoms with Crippen molar-refractivity contribution in [3.8, 4) is 11.4 Å². The first-order chi connectivity index (χ1) is 13.2. The Kier molecular flexibility index (Phi) is 3.79. The third-order valence-corrected chi connectivity index (χ3v) is 5.34. The number of para-hydroxylation sites is 1. The van der Waals surface area contributed by atoms with Crippen LogP contribution in [0, 0.1) is 6.92 Å². The fourth-order valence-electron chi connectivity index (χ4n) is 3.94. The van der Waals surface area contributed by atoms with E-state index in [9.17, 15) is 0 Å². The fraction of sp³-hybridized carbons (Fsp3) is 0.286. The molecule has 6 nitrogen and oxygen atoms in total. The highest BCUT2D eigenvalue weighted by atomic mass is 15.3. The van der Waals surface area contributed by atoms with Gasteiger partial charge in [0.25, 0.3) is 0 Å². The molecule has 3 aromatic heterocycles. The fourth-order valence-corrected chi connectivity index (χ4v) is 3.94. The summed E-state index contributed by atoms with van der Waals surface area (Å²) in [4.78, 5) is 6.96. The predicted octanol–water partition coefficient (Wildman–Crippen LogP) is 3.16. The molecule has 27 heavy (non-hydrogen) atoms. The maximum absolute atomic E-state index is 4.79. The van der Waals surface area contributed by atoms with Gasteiger partial charge in [0, 0.05) is 38.3 Å². The van der Waals surface area contributed by atoms with Crippen LogP contribution in [0.5, 0.6) is 0 Å². The van der Waals surface area contributed by atoms with Crippen LogP contribution >= 0.6 is 0 Å². The second-order valence-corrected chi connectivity index (χ2v) is 7.21. The van der Waals surface area contributed by atoms with E-state index in [2.05, 4.69) is 57.9 Å². The number of aryl methyl sites for hydroxylation is 2. The Balaban J connectivity index is 1.41. The molecule has 1 aliphatic rings. The Labute approximate surface area is 158 Å². The van der Waals surface area contributed by atoms with Crippen LogP contribution in [0.2, 0.25) is 0 Å². The minimum absolute atomic E-state index is 0.852. The third kappa shape index (κ3) is 2.82. The van der Waals surface area contributed by atoms with Crippen LogP contribution in [0.4, 0.5) is 0 Å². The lowest BCUT2D eigenvalue weighted by atomic mass is 10.1. The summed E-state index contributed by atoms with van der Waals surface area (Å²) in [6, 6.07) is 14.7. The number of fused-ring (bicyclic) bond motifs is 2. The zero-order chi connectivity index (χ0) is 18.4. The number of aromatic nitrogens is 5. The Morgan fingerprint density at radius 2 is 1.93 bits per heavy atom. The first-order valence-corrected chi connectivity index (χ1v) is 9.31. The van der Waals surface area contributed by atoms with Crippen molar-refractivity contribution in [1.29, 1.82) is 0 Å². The molecule has 0 atom stereocenters. The lowest BCUT2D eigenvalue weighted by molar-refractivity contribution is 0.203. The van der Waals surface area contributed by atoms with Gasteiger partial charge in [0.05, 0.1) is 29.1 Å². The molecule has 0 spiro atoms. The zero-order valence-electron chi connectivity index (χ0n) is 15.6. The van der Waals surface area contributed by atoms with Gasteiger partial charge in [-0.25, -0.2) is 0 Å². The van der Waals surface area contributed by atoms with Gasteiger partial charge in [0.1, 0.15) is 5.69 Å². The molecule has 0 radical (unpaired) electrons. The van der Waals surface area contributed by atoms with E-state index in [1.165, 1.54) is 16.6 Å². The second kappa shape index (κ2) is 6.32. The van der Waals surface area contributed by atoms with Crippen molar-refractivity contribution < 1.29 is 0 Å². The standard InChI is InChI=1S/C21H22N6/c1-15-6-5-9-22-21(15)18-12-16-13-26(10-11-27(16)24-18)14-19-17-7-3-4-8-20(17)25(2)23-19/h3-9,12H,10-11,13-14H2,1-2H3. The second-order valence-electron chi connectivity index (χ2n) is 7.21.